The lowest BCUT2D eigenvalue weighted by atomic mass is 10.1. The number of aromatic nitrogens is 5. The zero-order chi connectivity index (χ0) is 17.8. The Morgan fingerprint density at radius 1 is 1.24 bits per heavy atom. The molecule has 0 unspecified atom stereocenters. The first-order valence-electron chi connectivity index (χ1n) is 7.66. The average molecular weight is 340 g/mol. The summed E-state index contributed by atoms with van der Waals surface area (Å²) in [5, 5.41) is 25.1. The number of hydrogen-bond donors (Lipinski definition) is 1. The maximum Gasteiger partial charge on any atom is 0.311 e. The number of nitrogens with one attached hydrogen (secondary N) is 1. The van der Waals surface area contributed by atoms with E-state index in [1.807, 2.05) is 13.8 Å². The quantitative estimate of drug-likeness (QED) is 0.541. The van der Waals surface area contributed by atoms with Crippen molar-refractivity contribution < 1.29 is 9.66 Å². The van der Waals surface area contributed by atoms with Crippen molar-refractivity contribution in [3.8, 4) is 28.4 Å². The van der Waals surface area contributed by atoms with Gasteiger partial charge in [0.15, 0.2) is 5.75 Å². The standard InChI is InChI=1S/C16H16N6O3/c1-10(2)9-25-15-4-3-11(8-14(15)22(23)24)13-7-12(5-6-17-13)16-18-20-21-19-16/h3-8,10H,9H2,1-2H3,(H,18,19,20,21). The Morgan fingerprint density at radius 2 is 2.08 bits per heavy atom. The molecule has 3 rings (SSSR count). The topological polar surface area (TPSA) is 120 Å². The van der Waals surface area contributed by atoms with Gasteiger partial charge < -0.3 is 4.74 Å². The average Bonchev–Trinajstić information content (AvgIpc) is 3.14. The number of nitro benzene ring substituents is 1. The molecule has 0 aliphatic heterocycles. The molecule has 0 atom stereocenters. The lowest BCUT2D eigenvalue weighted by Gasteiger charge is -2.10. The van der Waals surface area contributed by atoms with Gasteiger partial charge in [-0.1, -0.05) is 13.8 Å². The van der Waals surface area contributed by atoms with Crippen molar-refractivity contribution in [1.29, 1.82) is 0 Å². The predicted octanol–water partition coefficient (Wildman–Crippen LogP) is 2.87. The highest BCUT2D eigenvalue weighted by atomic mass is 16.6. The van der Waals surface area contributed by atoms with Crippen LogP contribution in [0.5, 0.6) is 5.75 Å². The summed E-state index contributed by atoms with van der Waals surface area (Å²) in [5.74, 6) is 0.944. The van der Waals surface area contributed by atoms with Gasteiger partial charge in [-0.15, -0.1) is 10.2 Å². The van der Waals surface area contributed by atoms with Crippen LogP contribution in [0.2, 0.25) is 0 Å². The van der Waals surface area contributed by atoms with Gasteiger partial charge in [-0.25, -0.2) is 0 Å². The van der Waals surface area contributed by atoms with Crippen LogP contribution in [-0.2, 0) is 0 Å². The van der Waals surface area contributed by atoms with Crippen molar-refractivity contribution in [2.75, 3.05) is 6.61 Å². The fourth-order valence-electron chi connectivity index (χ4n) is 2.21. The maximum absolute atomic E-state index is 11.4. The van der Waals surface area contributed by atoms with Gasteiger partial charge >= 0.3 is 5.69 Å². The van der Waals surface area contributed by atoms with E-state index in [0.717, 1.165) is 0 Å². The second-order valence-electron chi connectivity index (χ2n) is 5.81. The Labute approximate surface area is 143 Å². The normalized spacial score (nSPS) is 10.8. The molecular weight excluding hydrogens is 324 g/mol. The van der Waals surface area contributed by atoms with E-state index < -0.39 is 4.92 Å². The highest BCUT2D eigenvalue weighted by molar-refractivity contribution is 5.70. The first-order valence-corrected chi connectivity index (χ1v) is 7.66. The minimum absolute atomic E-state index is 0.0927. The molecule has 2 heterocycles. The number of rotatable bonds is 6. The molecule has 0 fully saturated rings. The molecule has 0 saturated heterocycles. The van der Waals surface area contributed by atoms with Gasteiger partial charge in [0.05, 0.1) is 17.2 Å². The number of H-pyrrole nitrogens is 1. The largest absolute Gasteiger partial charge is 0.487 e. The number of hydrogen-bond acceptors (Lipinski definition) is 7. The van der Waals surface area contributed by atoms with Crippen LogP contribution < -0.4 is 4.74 Å². The van der Waals surface area contributed by atoms with Crippen LogP contribution in [0, 0.1) is 16.0 Å². The summed E-state index contributed by atoms with van der Waals surface area (Å²) in [6.45, 7) is 4.37. The van der Waals surface area contributed by atoms with E-state index in [1.165, 1.54) is 6.07 Å². The number of ether oxygens (including phenoxy) is 1. The summed E-state index contributed by atoms with van der Waals surface area (Å²) < 4.78 is 5.54. The first-order chi connectivity index (χ1) is 12.0. The lowest BCUT2D eigenvalue weighted by Crippen LogP contribution is -2.06. The molecule has 9 nitrogen and oxygen atoms in total. The minimum Gasteiger partial charge on any atom is -0.487 e. The van der Waals surface area contributed by atoms with Crippen molar-refractivity contribution in [2.45, 2.75) is 13.8 Å². The maximum atomic E-state index is 11.4. The summed E-state index contributed by atoms with van der Waals surface area (Å²) in [6, 6.07) is 8.28. The predicted molar refractivity (Wildman–Crippen MR) is 89.8 cm³/mol. The Bertz CT molecular complexity index is 879. The number of nitro groups is 1. The number of aromatic amines is 1. The van der Waals surface area contributed by atoms with E-state index in [2.05, 4.69) is 25.6 Å². The van der Waals surface area contributed by atoms with Crippen molar-refractivity contribution in [1.82, 2.24) is 25.6 Å². The van der Waals surface area contributed by atoms with Gasteiger partial charge in [0.1, 0.15) is 0 Å². The monoisotopic (exact) mass is 340 g/mol. The highest BCUT2D eigenvalue weighted by Crippen LogP contribution is 2.32. The number of nitrogens with zero attached hydrogens (tertiary/aromatic N) is 5. The third-order valence-electron chi connectivity index (χ3n) is 3.39. The van der Waals surface area contributed by atoms with Gasteiger partial charge in [-0.3, -0.25) is 15.1 Å². The Balaban J connectivity index is 1.96. The highest BCUT2D eigenvalue weighted by Gasteiger charge is 2.18. The molecule has 25 heavy (non-hydrogen) atoms. The molecule has 0 saturated carbocycles. The number of tetrazole rings is 1. The van der Waals surface area contributed by atoms with Crippen LogP contribution >= 0.6 is 0 Å². The Morgan fingerprint density at radius 3 is 2.76 bits per heavy atom. The zero-order valence-electron chi connectivity index (χ0n) is 13.7. The van der Waals surface area contributed by atoms with Gasteiger partial charge in [0.25, 0.3) is 0 Å². The summed E-state index contributed by atoms with van der Waals surface area (Å²) >= 11 is 0. The fourth-order valence-corrected chi connectivity index (χ4v) is 2.21. The lowest BCUT2D eigenvalue weighted by molar-refractivity contribution is -0.385. The molecule has 128 valence electrons. The zero-order valence-corrected chi connectivity index (χ0v) is 13.7. The molecular formula is C16H16N6O3. The molecule has 1 N–H and O–H groups in total. The second-order valence-corrected chi connectivity index (χ2v) is 5.81. The second kappa shape index (κ2) is 7.04. The van der Waals surface area contributed by atoms with Crippen molar-refractivity contribution in [3.05, 3.63) is 46.6 Å². The van der Waals surface area contributed by atoms with E-state index in [9.17, 15) is 10.1 Å². The molecule has 9 heteroatoms. The van der Waals surface area contributed by atoms with E-state index in [0.29, 0.717) is 29.3 Å². The SMILES string of the molecule is CC(C)COc1ccc(-c2cc(-c3nn[nH]n3)ccn2)cc1[N+](=O)[O-]. The van der Waals surface area contributed by atoms with Crippen LogP contribution in [0.4, 0.5) is 5.69 Å². The first kappa shape index (κ1) is 16.5. The Hall–Kier alpha value is -3.36. The minimum atomic E-state index is -0.456. The Kier molecular flexibility index (Phi) is 4.64. The summed E-state index contributed by atoms with van der Waals surface area (Å²) in [4.78, 5) is 15.2. The molecule has 1 aromatic carbocycles. The van der Waals surface area contributed by atoms with Crippen LogP contribution in [0.1, 0.15) is 13.8 Å². The smallest absolute Gasteiger partial charge is 0.311 e. The van der Waals surface area contributed by atoms with Gasteiger partial charge in [0, 0.05) is 23.4 Å². The molecule has 0 radical (unpaired) electrons. The van der Waals surface area contributed by atoms with Gasteiger partial charge in [-0.2, -0.15) is 5.21 Å². The van der Waals surface area contributed by atoms with Crippen molar-refractivity contribution >= 4 is 5.69 Å². The summed E-state index contributed by atoms with van der Waals surface area (Å²) in [6.07, 6.45) is 1.59. The van der Waals surface area contributed by atoms with Crippen LogP contribution in [0.15, 0.2) is 36.5 Å². The molecule has 2 aromatic heterocycles. The molecule has 0 aliphatic carbocycles. The number of pyridine rings is 1. The fraction of sp³-hybridized carbons (Fsp3) is 0.250. The van der Waals surface area contributed by atoms with E-state index in [1.54, 1.807) is 30.5 Å². The molecule has 0 amide bonds. The van der Waals surface area contributed by atoms with Crippen LogP contribution in [0.25, 0.3) is 22.6 Å². The summed E-state index contributed by atoms with van der Waals surface area (Å²) in [5.41, 5.74) is 1.79. The molecule has 0 aliphatic rings. The van der Waals surface area contributed by atoms with Crippen molar-refractivity contribution in [2.24, 2.45) is 5.92 Å². The molecule has 0 bridgehead atoms. The molecule has 0 spiro atoms. The van der Waals surface area contributed by atoms with Gasteiger partial charge in [0.2, 0.25) is 5.82 Å². The molecule has 3 aromatic rings. The third-order valence-corrected chi connectivity index (χ3v) is 3.39. The number of benzene rings is 1. The van der Waals surface area contributed by atoms with Crippen LogP contribution in [0.3, 0.4) is 0 Å². The van der Waals surface area contributed by atoms with Gasteiger partial charge in [-0.05, 0) is 35.4 Å². The van der Waals surface area contributed by atoms with E-state index in [4.69, 9.17) is 4.74 Å². The van der Waals surface area contributed by atoms with E-state index >= 15 is 0 Å². The van der Waals surface area contributed by atoms with Crippen molar-refractivity contribution in [3.63, 3.8) is 0 Å². The van der Waals surface area contributed by atoms with Crippen LogP contribution in [-0.4, -0.2) is 37.1 Å². The third kappa shape index (κ3) is 3.77. The summed E-state index contributed by atoms with van der Waals surface area (Å²) in [7, 11) is 0. The van der Waals surface area contributed by atoms with E-state index in [-0.39, 0.29) is 17.4 Å².